The lowest BCUT2D eigenvalue weighted by molar-refractivity contribution is 0.123. The molecule has 1 aliphatic heterocycles. The molecule has 2 aromatic rings. The molecule has 2 aromatic heterocycles. The number of thiophene rings is 1. The summed E-state index contributed by atoms with van der Waals surface area (Å²) in [6.45, 7) is 4.49. The highest BCUT2D eigenvalue weighted by Crippen LogP contribution is 2.31. The van der Waals surface area contributed by atoms with Crippen molar-refractivity contribution in [3.8, 4) is 0 Å². The average molecular weight is 434 g/mol. The van der Waals surface area contributed by atoms with E-state index in [2.05, 4.69) is 20.8 Å². The number of halogens is 1. The minimum Gasteiger partial charge on any atom is -0.317 e. The van der Waals surface area contributed by atoms with Gasteiger partial charge in [-0.25, -0.2) is 8.42 Å². The van der Waals surface area contributed by atoms with E-state index in [9.17, 15) is 13.2 Å². The predicted molar refractivity (Wildman–Crippen MR) is 101 cm³/mol. The van der Waals surface area contributed by atoms with Crippen LogP contribution in [0.25, 0.3) is 10.1 Å². The van der Waals surface area contributed by atoms with Crippen molar-refractivity contribution < 1.29 is 8.42 Å². The van der Waals surface area contributed by atoms with Crippen molar-refractivity contribution in [1.82, 2.24) is 13.8 Å². The largest absolute Gasteiger partial charge is 0.317 e. The molecule has 3 heterocycles. The minimum absolute atomic E-state index is 0.00523. The van der Waals surface area contributed by atoms with Gasteiger partial charge in [-0.2, -0.15) is 4.31 Å². The molecule has 0 aromatic carbocycles. The van der Waals surface area contributed by atoms with Crippen LogP contribution in [0.3, 0.4) is 0 Å². The van der Waals surface area contributed by atoms with Crippen molar-refractivity contribution in [2.24, 2.45) is 7.05 Å². The second-order valence-electron chi connectivity index (χ2n) is 6.29. The Bertz CT molecular complexity index is 935. The fourth-order valence-corrected chi connectivity index (χ4v) is 5.77. The first-order chi connectivity index (χ1) is 11.2. The van der Waals surface area contributed by atoms with Gasteiger partial charge in [-0.1, -0.05) is 0 Å². The van der Waals surface area contributed by atoms with Gasteiger partial charge in [0.2, 0.25) is 10.0 Å². The molecular weight excluding hydrogens is 414 g/mol. The Morgan fingerprint density at radius 2 is 2.08 bits per heavy atom. The summed E-state index contributed by atoms with van der Waals surface area (Å²) in [6.07, 6.45) is 3.05. The van der Waals surface area contributed by atoms with Crippen LogP contribution in [0.4, 0.5) is 0 Å². The number of aryl methyl sites for hydroxylation is 1. The molecule has 0 aliphatic carbocycles. The van der Waals surface area contributed by atoms with Crippen LogP contribution in [0.1, 0.15) is 11.8 Å². The maximum atomic E-state index is 12.3. The number of hydrogen-bond acceptors (Lipinski definition) is 5. The summed E-state index contributed by atoms with van der Waals surface area (Å²) in [5.41, 5.74) is 0.00523. The molecule has 6 nitrogen and oxygen atoms in total. The fourth-order valence-electron chi connectivity index (χ4n) is 3.03. The fraction of sp³-hybridized carbons (Fsp3) is 0.533. The van der Waals surface area contributed by atoms with Crippen molar-refractivity contribution in [2.75, 3.05) is 25.9 Å². The lowest BCUT2D eigenvalue weighted by Gasteiger charge is -2.38. The zero-order valence-corrected chi connectivity index (χ0v) is 17.0. The number of fused-ring (bicyclic) bond motifs is 1. The van der Waals surface area contributed by atoms with Gasteiger partial charge in [0.15, 0.2) is 0 Å². The molecule has 1 aliphatic rings. The third-order valence-corrected chi connectivity index (χ3v) is 7.70. The second-order valence-corrected chi connectivity index (χ2v) is 10.3. The molecule has 3 rings (SSSR count). The van der Waals surface area contributed by atoms with E-state index >= 15 is 0 Å². The standard InChI is InChI=1S/C15H20BrN3O3S2/c1-10-7-19(24(3,21)22)5-4-18(10)8-11-6-12-14(23-11)13(16)9-17(2)15(12)20/h6,9-10H,4-5,7-8H2,1-3H3/t10-/m1/s1. The van der Waals surface area contributed by atoms with Crippen molar-refractivity contribution in [3.05, 3.63) is 32.0 Å². The SMILES string of the molecule is C[C@@H]1CN(S(C)(=O)=O)CCN1Cc1cc2c(=O)n(C)cc(Br)c2s1. The molecule has 0 spiro atoms. The van der Waals surface area contributed by atoms with Gasteiger partial charge in [0, 0.05) is 50.3 Å². The van der Waals surface area contributed by atoms with E-state index in [1.807, 2.05) is 13.0 Å². The Labute approximate surface area is 153 Å². The first kappa shape index (κ1) is 18.1. The monoisotopic (exact) mass is 433 g/mol. The van der Waals surface area contributed by atoms with Gasteiger partial charge < -0.3 is 4.57 Å². The van der Waals surface area contributed by atoms with Crippen LogP contribution in [-0.4, -0.2) is 54.1 Å². The highest BCUT2D eigenvalue weighted by Gasteiger charge is 2.29. The lowest BCUT2D eigenvalue weighted by Crippen LogP contribution is -2.52. The van der Waals surface area contributed by atoms with Crippen LogP contribution in [0.15, 0.2) is 21.5 Å². The van der Waals surface area contributed by atoms with Gasteiger partial charge in [0.05, 0.1) is 20.8 Å². The quantitative estimate of drug-likeness (QED) is 0.740. The van der Waals surface area contributed by atoms with Gasteiger partial charge in [-0.3, -0.25) is 9.69 Å². The van der Waals surface area contributed by atoms with Crippen LogP contribution < -0.4 is 5.56 Å². The number of piperazine rings is 1. The van der Waals surface area contributed by atoms with Crippen LogP contribution in [0.2, 0.25) is 0 Å². The molecule has 0 N–H and O–H groups in total. The molecule has 9 heteroatoms. The summed E-state index contributed by atoms with van der Waals surface area (Å²) >= 11 is 5.14. The van der Waals surface area contributed by atoms with Crippen molar-refractivity contribution in [1.29, 1.82) is 0 Å². The molecule has 0 saturated carbocycles. The third kappa shape index (κ3) is 3.45. The zero-order valence-electron chi connectivity index (χ0n) is 13.8. The molecule has 0 unspecified atom stereocenters. The molecule has 0 radical (unpaired) electrons. The van der Waals surface area contributed by atoms with Crippen LogP contribution in [-0.2, 0) is 23.6 Å². The van der Waals surface area contributed by atoms with Gasteiger partial charge in [-0.05, 0) is 28.9 Å². The second kappa shape index (κ2) is 6.53. The number of sulfonamides is 1. The minimum atomic E-state index is -3.13. The van der Waals surface area contributed by atoms with E-state index in [0.29, 0.717) is 19.6 Å². The molecular formula is C15H20BrN3O3S2. The van der Waals surface area contributed by atoms with Crippen LogP contribution in [0, 0.1) is 0 Å². The first-order valence-electron chi connectivity index (χ1n) is 7.63. The molecule has 24 heavy (non-hydrogen) atoms. The summed E-state index contributed by atoms with van der Waals surface area (Å²) < 4.78 is 28.4. The molecule has 1 fully saturated rings. The van der Waals surface area contributed by atoms with E-state index < -0.39 is 10.0 Å². The lowest BCUT2D eigenvalue weighted by atomic mass is 10.2. The van der Waals surface area contributed by atoms with Gasteiger partial charge in [0.1, 0.15) is 0 Å². The Morgan fingerprint density at radius 3 is 2.71 bits per heavy atom. The average Bonchev–Trinajstić information content (AvgIpc) is 2.90. The summed E-state index contributed by atoms with van der Waals surface area (Å²) in [4.78, 5) is 15.7. The Balaban J connectivity index is 1.82. The predicted octanol–water partition coefficient (Wildman–Crippen LogP) is 1.83. The van der Waals surface area contributed by atoms with Crippen LogP contribution in [0.5, 0.6) is 0 Å². The molecule has 0 amide bonds. The third-order valence-electron chi connectivity index (χ3n) is 4.41. The van der Waals surface area contributed by atoms with Crippen molar-refractivity contribution in [3.63, 3.8) is 0 Å². The van der Waals surface area contributed by atoms with E-state index in [1.54, 1.807) is 29.1 Å². The number of rotatable bonds is 3. The number of aromatic nitrogens is 1. The summed E-state index contributed by atoms with van der Waals surface area (Å²) in [7, 11) is -1.39. The number of nitrogens with zero attached hydrogens (tertiary/aromatic N) is 3. The van der Waals surface area contributed by atoms with Crippen molar-refractivity contribution >= 4 is 47.4 Å². The van der Waals surface area contributed by atoms with E-state index in [1.165, 1.54) is 10.6 Å². The topological polar surface area (TPSA) is 62.6 Å². The molecule has 0 bridgehead atoms. The number of pyridine rings is 1. The summed E-state index contributed by atoms with van der Waals surface area (Å²) in [5, 5.41) is 0.731. The summed E-state index contributed by atoms with van der Waals surface area (Å²) in [5.74, 6) is 0. The molecule has 132 valence electrons. The van der Waals surface area contributed by atoms with E-state index in [-0.39, 0.29) is 11.6 Å². The molecule has 1 atom stereocenters. The van der Waals surface area contributed by atoms with Crippen molar-refractivity contribution in [2.45, 2.75) is 19.5 Å². The maximum Gasteiger partial charge on any atom is 0.259 e. The van der Waals surface area contributed by atoms with Crippen LogP contribution >= 0.6 is 27.3 Å². The van der Waals surface area contributed by atoms with E-state index in [4.69, 9.17) is 0 Å². The highest BCUT2D eigenvalue weighted by atomic mass is 79.9. The Kier molecular flexibility index (Phi) is 4.91. The Morgan fingerprint density at radius 1 is 1.38 bits per heavy atom. The maximum absolute atomic E-state index is 12.3. The zero-order chi connectivity index (χ0) is 17.6. The molecule has 1 saturated heterocycles. The highest BCUT2D eigenvalue weighted by molar-refractivity contribution is 9.10. The van der Waals surface area contributed by atoms with Gasteiger partial charge >= 0.3 is 0 Å². The smallest absolute Gasteiger partial charge is 0.259 e. The number of hydrogen-bond donors (Lipinski definition) is 0. The Hall–Kier alpha value is -0.740. The first-order valence-corrected chi connectivity index (χ1v) is 11.1. The normalized spacial score (nSPS) is 20.8. The summed E-state index contributed by atoms with van der Waals surface area (Å²) in [6, 6.07) is 2.10. The van der Waals surface area contributed by atoms with E-state index in [0.717, 1.165) is 26.0 Å². The van der Waals surface area contributed by atoms with Gasteiger partial charge in [0.25, 0.3) is 5.56 Å². The van der Waals surface area contributed by atoms with Gasteiger partial charge in [-0.15, -0.1) is 11.3 Å².